The van der Waals surface area contributed by atoms with Crippen LogP contribution in [0.1, 0.15) is 24.1 Å². The molecular weight excluding hydrogens is 310 g/mol. The lowest BCUT2D eigenvalue weighted by molar-refractivity contribution is -0.00511. The normalized spacial score (nSPS) is 20.7. The Morgan fingerprint density at radius 1 is 1.39 bits per heavy atom. The average Bonchev–Trinajstić information content (AvgIpc) is 3.23. The van der Waals surface area contributed by atoms with Gasteiger partial charge in [0.1, 0.15) is 0 Å². The van der Waals surface area contributed by atoms with Gasteiger partial charge in [-0.1, -0.05) is 12.5 Å². The highest BCUT2D eigenvalue weighted by Gasteiger charge is 2.24. The Labute approximate surface area is 141 Å². The van der Waals surface area contributed by atoms with Crippen LogP contribution < -0.4 is 0 Å². The van der Waals surface area contributed by atoms with E-state index in [0.29, 0.717) is 25.8 Å². The summed E-state index contributed by atoms with van der Waals surface area (Å²) in [6, 6.07) is 6.49. The third kappa shape index (κ3) is 5.14. The van der Waals surface area contributed by atoms with Crippen LogP contribution in [0.3, 0.4) is 0 Å². The smallest absolute Gasteiger partial charge is 0.0900 e. The molecule has 0 saturated carbocycles. The Balaban J connectivity index is 1.44. The van der Waals surface area contributed by atoms with Gasteiger partial charge >= 0.3 is 0 Å². The summed E-state index contributed by atoms with van der Waals surface area (Å²) in [5.41, 5.74) is 0. The number of thiophene rings is 1. The molecule has 5 nitrogen and oxygen atoms in total. The van der Waals surface area contributed by atoms with E-state index in [4.69, 9.17) is 4.74 Å². The summed E-state index contributed by atoms with van der Waals surface area (Å²) in [5.74, 6) is 0. The second-order valence-corrected chi connectivity index (χ2v) is 7.15. The second-order valence-electron chi connectivity index (χ2n) is 6.12. The minimum atomic E-state index is -0.437. The predicted molar refractivity (Wildman–Crippen MR) is 91.4 cm³/mol. The number of aliphatic hydroxyl groups excluding tert-OH is 1. The molecule has 1 saturated heterocycles. The van der Waals surface area contributed by atoms with Crippen LogP contribution in [0.5, 0.6) is 0 Å². The largest absolute Gasteiger partial charge is 0.389 e. The van der Waals surface area contributed by atoms with Crippen molar-refractivity contribution in [1.82, 2.24) is 14.7 Å². The van der Waals surface area contributed by atoms with E-state index in [9.17, 15) is 5.11 Å². The van der Waals surface area contributed by atoms with E-state index in [2.05, 4.69) is 16.1 Å². The van der Waals surface area contributed by atoms with Crippen molar-refractivity contribution in [1.29, 1.82) is 0 Å². The van der Waals surface area contributed by atoms with E-state index in [0.717, 1.165) is 13.1 Å². The molecule has 1 aliphatic rings. The first kappa shape index (κ1) is 16.6. The van der Waals surface area contributed by atoms with Crippen molar-refractivity contribution in [3.05, 3.63) is 40.8 Å². The molecule has 0 aliphatic carbocycles. The first-order chi connectivity index (χ1) is 11.3. The van der Waals surface area contributed by atoms with Crippen LogP contribution in [-0.4, -0.2) is 51.6 Å². The highest BCUT2D eigenvalue weighted by atomic mass is 32.1. The fraction of sp³-hybridized carbons (Fsp3) is 0.588. The molecular formula is C17H25N3O2S. The molecule has 6 heteroatoms. The number of aliphatic hydroxyl groups is 1. The number of ether oxygens (including phenoxy) is 1. The van der Waals surface area contributed by atoms with E-state index >= 15 is 0 Å². The van der Waals surface area contributed by atoms with Gasteiger partial charge in [-0.25, -0.2) is 0 Å². The average molecular weight is 335 g/mol. The first-order valence-corrected chi connectivity index (χ1v) is 9.19. The Kier molecular flexibility index (Phi) is 6.21. The summed E-state index contributed by atoms with van der Waals surface area (Å²) in [7, 11) is 0. The third-order valence-corrected chi connectivity index (χ3v) is 5.14. The number of hydrogen-bond donors (Lipinski definition) is 1. The van der Waals surface area contributed by atoms with E-state index in [1.807, 2.05) is 34.6 Å². The molecule has 126 valence electrons. The maximum Gasteiger partial charge on any atom is 0.0900 e. The third-order valence-electron chi connectivity index (χ3n) is 4.29. The zero-order valence-corrected chi connectivity index (χ0v) is 14.2. The molecule has 1 N–H and O–H groups in total. The molecule has 0 amide bonds. The number of likely N-dealkylation sites (tertiary alicyclic amines) is 1. The Bertz CT molecular complexity index is 544. The molecule has 1 fully saturated rings. The molecule has 0 spiro atoms. The van der Waals surface area contributed by atoms with E-state index in [1.54, 1.807) is 11.3 Å². The van der Waals surface area contributed by atoms with Crippen LogP contribution in [0.4, 0.5) is 0 Å². The zero-order valence-electron chi connectivity index (χ0n) is 13.4. The highest BCUT2D eigenvalue weighted by Crippen LogP contribution is 2.19. The fourth-order valence-electron chi connectivity index (χ4n) is 3.15. The lowest BCUT2D eigenvalue weighted by Crippen LogP contribution is -2.46. The van der Waals surface area contributed by atoms with Gasteiger partial charge in [-0.3, -0.25) is 9.58 Å². The molecule has 23 heavy (non-hydrogen) atoms. The van der Waals surface area contributed by atoms with Crippen LogP contribution >= 0.6 is 11.3 Å². The van der Waals surface area contributed by atoms with Crippen LogP contribution in [0, 0.1) is 0 Å². The van der Waals surface area contributed by atoms with Gasteiger partial charge in [-0.05, 0) is 36.9 Å². The topological polar surface area (TPSA) is 50.5 Å². The van der Waals surface area contributed by atoms with Crippen LogP contribution in [-0.2, 0) is 17.9 Å². The molecule has 2 aromatic heterocycles. The second kappa shape index (κ2) is 8.59. The van der Waals surface area contributed by atoms with Gasteiger partial charge in [-0.15, -0.1) is 11.3 Å². The van der Waals surface area contributed by atoms with Crippen molar-refractivity contribution in [2.24, 2.45) is 0 Å². The van der Waals surface area contributed by atoms with Crippen molar-refractivity contribution in [3.8, 4) is 0 Å². The van der Waals surface area contributed by atoms with Crippen LogP contribution in [0.15, 0.2) is 36.0 Å². The highest BCUT2D eigenvalue weighted by molar-refractivity contribution is 7.09. The predicted octanol–water partition coefficient (Wildman–Crippen LogP) is 2.38. The van der Waals surface area contributed by atoms with Gasteiger partial charge in [-0.2, -0.15) is 5.10 Å². The van der Waals surface area contributed by atoms with Gasteiger partial charge in [0.05, 0.1) is 25.9 Å². The van der Waals surface area contributed by atoms with Crippen LogP contribution in [0.2, 0.25) is 0 Å². The quantitative estimate of drug-likeness (QED) is 0.805. The molecule has 0 radical (unpaired) electrons. The Morgan fingerprint density at radius 2 is 2.35 bits per heavy atom. The number of nitrogens with zero attached hydrogens (tertiary/aromatic N) is 3. The summed E-state index contributed by atoms with van der Waals surface area (Å²) in [5, 5.41) is 16.6. The lowest BCUT2D eigenvalue weighted by atomic mass is 10.0. The molecule has 2 aromatic rings. The van der Waals surface area contributed by atoms with E-state index in [1.165, 1.54) is 24.1 Å². The number of hydrogen-bond acceptors (Lipinski definition) is 5. The van der Waals surface area contributed by atoms with Crippen molar-refractivity contribution < 1.29 is 9.84 Å². The number of piperidine rings is 1. The van der Waals surface area contributed by atoms with Crippen molar-refractivity contribution in [2.75, 3.05) is 19.7 Å². The molecule has 0 bridgehead atoms. The minimum Gasteiger partial charge on any atom is -0.389 e. The standard InChI is InChI=1S/C17H25N3O2S/c21-16(13-22-14-17-6-3-10-23-17)12-19-8-2-1-5-15(19)11-20-9-4-7-18-20/h3-4,6-7,9-10,15-16,21H,1-2,5,8,11-14H2/t15-,16+/m1/s1. The monoisotopic (exact) mass is 335 g/mol. The summed E-state index contributed by atoms with van der Waals surface area (Å²) in [6.07, 6.45) is 7.02. The molecule has 2 atom stereocenters. The molecule has 3 rings (SSSR count). The maximum atomic E-state index is 10.3. The van der Waals surface area contributed by atoms with Gasteiger partial charge in [0.25, 0.3) is 0 Å². The molecule has 3 heterocycles. The maximum absolute atomic E-state index is 10.3. The van der Waals surface area contributed by atoms with E-state index < -0.39 is 6.10 Å². The molecule has 0 aromatic carbocycles. The summed E-state index contributed by atoms with van der Waals surface area (Å²) in [4.78, 5) is 3.59. The van der Waals surface area contributed by atoms with Gasteiger partial charge in [0.15, 0.2) is 0 Å². The van der Waals surface area contributed by atoms with E-state index in [-0.39, 0.29) is 0 Å². The lowest BCUT2D eigenvalue weighted by Gasteiger charge is -2.36. The summed E-state index contributed by atoms with van der Waals surface area (Å²) in [6.45, 7) is 3.61. The summed E-state index contributed by atoms with van der Waals surface area (Å²) >= 11 is 1.69. The summed E-state index contributed by atoms with van der Waals surface area (Å²) < 4.78 is 7.63. The zero-order chi connectivity index (χ0) is 15.9. The number of aromatic nitrogens is 2. The minimum absolute atomic E-state index is 0.392. The molecule has 0 unspecified atom stereocenters. The number of β-amino-alcohol motifs (C(OH)–C–C–N with tert-alkyl or cyclic N) is 1. The van der Waals surface area contributed by atoms with Gasteiger partial charge in [0, 0.05) is 29.9 Å². The first-order valence-electron chi connectivity index (χ1n) is 8.31. The Morgan fingerprint density at radius 3 is 3.13 bits per heavy atom. The van der Waals surface area contributed by atoms with Gasteiger partial charge < -0.3 is 9.84 Å². The van der Waals surface area contributed by atoms with Crippen molar-refractivity contribution >= 4 is 11.3 Å². The Hall–Kier alpha value is -1.21. The fourth-order valence-corrected chi connectivity index (χ4v) is 3.79. The van der Waals surface area contributed by atoms with Crippen LogP contribution in [0.25, 0.3) is 0 Å². The van der Waals surface area contributed by atoms with Crippen molar-refractivity contribution in [2.45, 2.75) is 44.6 Å². The van der Waals surface area contributed by atoms with Gasteiger partial charge in [0.2, 0.25) is 0 Å². The SMILES string of the molecule is O[C@H](COCc1cccs1)CN1CCCC[C@@H]1Cn1cccn1. The molecule has 1 aliphatic heterocycles. The number of rotatable bonds is 8. The van der Waals surface area contributed by atoms with Crippen molar-refractivity contribution in [3.63, 3.8) is 0 Å².